The van der Waals surface area contributed by atoms with Gasteiger partial charge in [-0.3, -0.25) is 4.79 Å². The number of likely N-dealkylation sites (N-methyl/N-ethyl adjacent to an activating group) is 1. The number of hydrogen-bond acceptors (Lipinski definition) is 3. The monoisotopic (exact) mass is 413 g/mol. The van der Waals surface area contributed by atoms with Gasteiger partial charge in [-0.1, -0.05) is 41.9 Å². The zero-order valence-electron chi connectivity index (χ0n) is 13.3. The third kappa shape index (κ3) is 6.84. The van der Waals surface area contributed by atoms with Crippen LogP contribution in [0.1, 0.15) is 26.3 Å². The number of nitrogens with one attached hydrogen (secondary N) is 1. The van der Waals surface area contributed by atoms with E-state index in [-0.39, 0.29) is 30.7 Å². The van der Waals surface area contributed by atoms with Gasteiger partial charge in [-0.25, -0.2) is 0 Å². The summed E-state index contributed by atoms with van der Waals surface area (Å²) in [4.78, 5) is 14.5. The molecule has 0 spiro atoms. The fourth-order valence-corrected chi connectivity index (χ4v) is 2.24. The van der Waals surface area contributed by atoms with Crippen LogP contribution in [0.15, 0.2) is 28.7 Å². The number of benzene rings is 1. The number of rotatable bonds is 7. The van der Waals surface area contributed by atoms with Crippen molar-refractivity contribution < 1.29 is 4.79 Å². The highest BCUT2D eigenvalue weighted by Gasteiger charge is 2.30. The molecule has 22 heavy (non-hydrogen) atoms. The first-order chi connectivity index (χ1) is 9.41. The molecule has 0 saturated heterocycles. The fraction of sp³-hybridized carbons (Fsp3) is 0.533. The van der Waals surface area contributed by atoms with Gasteiger partial charge < -0.3 is 16.0 Å². The van der Waals surface area contributed by atoms with Gasteiger partial charge in [-0.05, 0) is 37.7 Å². The van der Waals surface area contributed by atoms with E-state index in [1.54, 1.807) is 6.92 Å². The normalized spacial score (nSPS) is 12.8. The Labute approximate surface area is 154 Å². The fourth-order valence-electron chi connectivity index (χ4n) is 1.98. The Hall–Kier alpha value is -0.330. The molecule has 1 aromatic carbocycles. The highest BCUT2D eigenvalue weighted by atomic mass is 79.9. The van der Waals surface area contributed by atoms with Crippen LogP contribution in [0.2, 0.25) is 0 Å². The third-order valence-corrected chi connectivity index (χ3v) is 4.05. The average molecular weight is 415 g/mol. The summed E-state index contributed by atoms with van der Waals surface area (Å²) in [6.07, 6.45) is 0. The van der Waals surface area contributed by atoms with Crippen LogP contribution >= 0.6 is 40.7 Å². The number of amides is 1. The van der Waals surface area contributed by atoms with Crippen molar-refractivity contribution in [3.8, 4) is 0 Å². The molecular weight excluding hydrogens is 389 g/mol. The predicted molar refractivity (Wildman–Crippen MR) is 101 cm³/mol. The highest BCUT2D eigenvalue weighted by molar-refractivity contribution is 9.10. The van der Waals surface area contributed by atoms with Gasteiger partial charge in [0.05, 0.1) is 0 Å². The maximum Gasteiger partial charge on any atom is 0.244 e. The van der Waals surface area contributed by atoms with Gasteiger partial charge in [-0.15, -0.1) is 24.8 Å². The Morgan fingerprint density at radius 1 is 1.23 bits per heavy atom. The van der Waals surface area contributed by atoms with Gasteiger partial charge in [-0.2, -0.15) is 0 Å². The maximum atomic E-state index is 12.2. The van der Waals surface area contributed by atoms with Crippen LogP contribution in [-0.2, 0) is 10.3 Å². The van der Waals surface area contributed by atoms with Gasteiger partial charge in [0.1, 0.15) is 5.54 Å². The van der Waals surface area contributed by atoms with E-state index >= 15 is 0 Å². The molecule has 1 unspecified atom stereocenters. The second-order valence-electron chi connectivity index (χ2n) is 4.99. The number of carbonyl (C=O) groups is 1. The molecule has 0 radical (unpaired) electrons. The smallest absolute Gasteiger partial charge is 0.244 e. The van der Waals surface area contributed by atoms with Crippen LogP contribution in [0.5, 0.6) is 0 Å². The lowest BCUT2D eigenvalue weighted by Crippen LogP contribution is -2.50. The second kappa shape index (κ2) is 11.2. The molecule has 1 amide bonds. The van der Waals surface area contributed by atoms with Crippen molar-refractivity contribution in [1.29, 1.82) is 0 Å². The molecular formula is C15H26BrCl2N3O. The van der Waals surface area contributed by atoms with Gasteiger partial charge in [0.15, 0.2) is 0 Å². The van der Waals surface area contributed by atoms with E-state index in [1.807, 2.05) is 24.3 Å². The zero-order valence-corrected chi connectivity index (χ0v) is 16.5. The minimum Gasteiger partial charge on any atom is -0.353 e. The van der Waals surface area contributed by atoms with E-state index in [9.17, 15) is 4.79 Å². The molecule has 0 saturated carbocycles. The molecule has 0 aromatic heterocycles. The molecule has 0 heterocycles. The summed E-state index contributed by atoms with van der Waals surface area (Å²) in [5.74, 6) is -0.146. The Morgan fingerprint density at radius 3 is 2.18 bits per heavy atom. The molecule has 1 atom stereocenters. The van der Waals surface area contributed by atoms with Crippen molar-refractivity contribution in [3.05, 3.63) is 34.3 Å². The first kappa shape index (κ1) is 23.9. The number of nitrogens with two attached hydrogens (primary N) is 1. The SMILES string of the molecule is CCN(CC)CCNC(=O)C(C)(N)c1ccc(Br)cc1.Cl.Cl. The molecule has 128 valence electrons. The van der Waals surface area contributed by atoms with Crippen LogP contribution < -0.4 is 11.1 Å². The summed E-state index contributed by atoms with van der Waals surface area (Å²) < 4.78 is 0.971. The van der Waals surface area contributed by atoms with Crippen molar-refractivity contribution in [2.75, 3.05) is 26.2 Å². The number of hydrogen-bond donors (Lipinski definition) is 2. The van der Waals surface area contributed by atoms with Crippen molar-refractivity contribution in [3.63, 3.8) is 0 Å². The minimum atomic E-state index is -1.01. The highest BCUT2D eigenvalue weighted by Crippen LogP contribution is 2.20. The Bertz CT molecular complexity index is 437. The predicted octanol–water partition coefficient (Wildman–Crippen LogP) is 2.92. The van der Waals surface area contributed by atoms with E-state index < -0.39 is 5.54 Å². The van der Waals surface area contributed by atoms with Crippen LogP contribution in [0, 0.1) is 0 Å². The quantitative estimate of drug-likeness (QED) is 0.720. The number of carbonyl (C=O) groups excluding carboxylic acids is 1. The molecule has 3 N–H and O–H groups in total. The van der Waals surface area contributed by atoms with Crippen molar-refractivity contribution in [2.45, 2.75) is 26.3 Å². The van der Waals surface area contributed by atoms with Crippen LogP contribution in [0.25, 0.3) is 0 Å². The third-order valence-electron chi connectivity index (χ3n) is 3.52. The van der Waals surface area contributed by atoms with Crippen LogP contribution in [0.4, 0.5) is 0 Å². The molecule has 0 aliphatic carbocycles. The van der Waals surface area contributed by atoms with Crippen molar-refractivity contribution in [2.24, 2.45) is 5.73 Å². The van der Waals surface area contributed by atoms with E-state index in [2.05, 4.69) is 40.0 Å². The van der Waals surface area contributed by atoms with Gasteiger partial charge >= 0.3 is 0 Å². The van der Waals surface area contributed by atoms with E-state index in [1.165, 1.54) is 0 Å². The lowest BCUT2D eigenvalue weighted by Gasteiger charge is -2.25. The summed E-state index contributed by atoms with van der Waals surface area (Å²) in [7, 11) is 0. The summed E-state index contributed by atoms with van der Waals surface area (Å²) in [5.41, 5.74) is 5.97. The number of nitrogens with zero attached hydrogens (tertiary/aromatic N) is 1. The molecule has 4 nitrogen and oxygen atoms in total. The summed E-state index contributed by atoms with van der Waals surface area (Å²) in [5, 5.41) is 2.92. The molecule has 0 aliphatic heterocycles. The van der Waals surface area contributed by atoms with Gasteiger partial charge in [0, 0.05) is 17.6 Å². The standard InChI is InChI=1S/C15H24BrN3O.2ClH/c1-4-19(5-2)11-10-18-14(20)15(3,17)12-6-8-13(16)9-7-12;;/h6-9H,4-5,10-11,17H2,1-3H3,(H,18,20);2*1H. The summed E-state index contributed by atoms with van der Waals surface area (Å²) >= 11 is 3.38. The molecule has 0 fully saturated rings. The summed E-state index contributed by atoms with van der Waals surface area (Å²) in [6, 6.07) is 7.52. The topological polar surface area (TPSA) is 58.4 Å². The van der Waals surface area contributed by atoms with Gasteiger partial charge in [0.25, 0.3) is 0 Å². The first-order valence-corrected chi connectivity index (χ1v) is 7.76. The van der Waals surface area contributed by atoms with Crippen LogP contribution in [0.3, 0.4) is 0 Å². The molecule has 1 rings (SSSR count). The maximum absolute atomic E-state index is 12.2. The molecule has 0 aliphatic rings. The van der Waals surface area contributed by atoms with Gasteiger partial charge in [0.2, 0.25) is 5.91 Å². The molecule has 0 bridgehead atoms. The van der Waals surface area contributed by atoms with E-state index in [0.717, 1.165) is 29.7 Å². The summed E-state index contributed by atoms with van der Waals surface area (Å²) in [6.45, 7) is 9.39. The first-order valence-electron chi connectivity index (χ1n) is 6.97. The lowest BCUT2D eigenvalue weighted by atomic mass is 9.92. The van der Waals surface area contributed by atoms with Crippen molar-refractivity contribution in [1.82, 2.24) is 10.2 Å². The Kier molecular flexibility index (Phi) is 12.2. The van der Waals surface area contributed by atoms with Crippen LogP contribution in [-0.4, -0.2) is 37.0 Å². The zero-order chi connectivity index (χ0) is 15.2. The number of halogens is 3. The minimum absolute atomic E-state index is 0. The van der Waals surface area contributed by atoms with E-state index in [0.29, 0.717) is 6.54 Å². The van der Waals surface area contributed by atoms with E-state index in [4.69, 9.17) is 5.73 Å². The second-order valence-corrected chi connectivity index (χ2v) is 5.91. The lowest BCUT2D eigenvalue weighted by molar-refractivity contribution is -0.126. The largest absolute Gasteiger partial charge is 0.353 e. The average Bonchev–Trinajstić information content (AvgIpc) is 2.43. The molecule has 1 aromatic rings. The van der Waals surface area contributed by atoms with Crippen molar-refractivity contribution >= 4 is 46.7 Å². The Morgan fingerprint density at radius 2 is 1.73 bits per heavy atom. The Balaban J connectivity index is 0. The molecule has 7 heteroatoms.